The van der Waals surface area contributed by atoms with Crippen molar-refractivity contribution in [3.63, 3.8) is 0 Å². The third-order valence-electron chi connectivity index (χ3n) is 12.3. The first kappa shape index (κ1) is 32.3. The third-order valence-corrected chi connectivity index (χ3v) is 12.3. The van der Waals surface area contributed by atoms with Gasteiger partial charge in [0.05, 0.1) is 5.41 Å². The quantitative estimate of drug-likeness (QED) is 0.165. The van der Waals surface area contributed by atoms with Crippen LogP contribution < -0.4 is 4.90 Å². The molecule has 1 spiro atoms. The first-order valence-corrected chi connectivity index (χ1v) is 18.6. The molecule has 6 aromatic rings. The molecule has 0 saturated heterocycles. The van der Waals surface area contributed by atoms with E-state index in [4.69, 9.17) is 0 Å². The van der Waals surface area contributed by atoms with Gasteiger partial charge in [-0.25, -0.2) is 0 Å². The number of nitrogens with zero attached hydrogens (tertiary/aromatic N) is 1. The van der Waals surface area contributed by atoms with Crippen LogP contribution in [0.2, 0.25) is 0 Å². The Morgan fingerprint density at radius 2 is 1.00 bits per heavy atom. The lowest BCUT2D eigenvalue weighted by molar-refractivity contribution is 0.563. The largest absolute Gasteiger partial charge is 0.345 e. The number of rotatable bonds is 5. The molecule has 0 radical (unpaired) electrons. The lowest BCUT2D eigenvalue weighted by atomic mass is 9.55. The minimum atomic E-state index is -0.383. The molecular formula is C51H45N. The van der Waals surface area contributed by atoms with Crippen molar-refractivity contribution in [1.82, 2.24) is 0 Å². The highest BCUT2D eigenvalue weighted by Gasteiger charge is 2.53. The van der Waals surface area contributed by atoms with E-state index in [1.165, 1.54) is 78.0 Å². The highest BCUT2D eigenvalue weighted by Crippen LogP contribution is 2.62. The van der Waals surface area contributed by atoms with E-state index in [0.717, 1.165) is 5.70 Å². The predicted octanol–water partition coefficient (Wildman–Crippen LogP) is 12.6. The molecule has 0 amide bonds. The van der Waals surface area contributed by atoms with Crippen molar-refractivity contribution in [2.45, 2.75) is 50.9 Å². The number of benzene rings is 6. The van der Waals surface area contributed by atoms with Crippen LogP contribution >= 0.6 is 0 Å². The second-order valence-electron chi connectivity index (χ2n) is 15.7. The summed E-state index contributed by atoms with van der Waals surface area (Å²) in [6.45, 7) is 11.5. The Labute approximate surface area is 309 Å². The van der Waals surface area contributed by atoms with Crippen molar-refractivity contribution in [2.24, 2.45) is 0 Å². The maximum Gasteiger partial charge on any atom is 0.0719 e. The van der Waals surface area contributed by atoms with Gasteiger partial charge in [-0.15, -0.1) is 0 Å². The number of fused-ring (bicyclic) bond motifs is 12. The Hall–Kier alpha value is -5.66. The second-order valence-corrected chi connectivity index (χ2v) is 15.7. The standard InChI is InChI=1S/C51H45N/c1-7-17-35(52(6)36-29-31-39-37-20-8-10-22-41(37)49(2,3)47(39)33-36)19-16-18-34-28-30-40-38-21-9-11-23-42(38)51(48(40)32-34)45-26-14-12-24-43(45)50(4,5)44-25-13-15-27-46(44)51/h7-33H,1-6H3/b17-7-,18-16+,35-19+. The summed E-state index contributed by atoms with van der Waals surface area (Å²) < 4.78 is 0. The van der Waals surface area contributed by atoms with E-state index < -0.39 is 0 Å². The van der Waals surface area contributed by atoms with Gasteiger partial charge in [-0.1, -0.05) is 161 Å². The van der Waals surface area contributed by atoms with Crippen LogP contribution in [0, 0.1) is 0 Å². The van der Waals surface area contributed by atoms with Crippen LogP contribution in [0.15, 0.2) is 163 Å². The van der Waals surface area contributed by atoms with Gasteiger partial charge in [-0.2, -0.15) is 0 Å². The van der Waals surface area contributed by atoms with Gasteiger partial charge in [0.1, 0.15) is 0 Å². The van der Waals surface area contributed by atoms with Crippen molar-refractivity contribution in [3.8, 4) is 22.3 Å². The average Bonchev–Trinajstić information content (AvgIpc) is 3.59. The zero-order valence-corrected chi connectivity index (χ0v) is 31.0. The van der Waals surface area contributed by atoms with Gasteiger partial charge in [0.15, 0.2) is 0 Å². The first-order valence-electron chi connectivity index (χ1n) is 18.6. The molecule has 9 rings (SSSR count). The summed E-state index contributed by atoms with van der Waals surface area (Å²) in [5.41, 5.74) is 19.5. The zero-order chi connectivity index (χ0) is 35.8. The summed E-state index contributed by atoms with van der Waals surface area (Å²) in [6, 6.07) is 50.2. The Morgan fingerprint density at radius 3 is 1.65 bits per heavy atom. The lowest BCUT2D eigenvalue weighted by Crippen LogP contribution is -2.40. The van der Waals surface area contributed by atoms with Crippen molar-refractivity contribution in [1.29, 1.82) is 0 Å². The van der Waals surface area contributed by atoms with Crippen LogP contribution in [0.3, 0.4) is 0 Å². The fourth-order valence-electron chi connectivity index (χ4n) is 9.74. The number of hydrogen-bond donors (Lipinski definition) is 0. The second kappa shape index (κ2) is 11.7. The third kappa shape index (κ3) is 4.42. The Bertz CT molecular complexity index is 2450. The molecule has 0 heterocycles. The van der Waals surface area contributed by atoms with E-state index >= 15 is 0 Å². The van der Waals surface area contributed by atoms with E-state index in [0.29, 0.717) is 0 Å². The Morgan fingerprint density at radius 1 is 0.500 bits per heavy atom. The fourth-order valence-corrected chi connectivity index (χ4v) is 9.74. The Balaban J connectivity index is 1.13. The number of likely N-dealkylation sites (N-methyl/N-ethyl adjacent to an activating group) is 1. The minimum Gasteiger partial charge on any atom is -0.345 e. The van der Waals surface area contributed by atoms with Gasteiger partial charge in [-0.05, 0) is 110 Å². The van der Waals surface area contributed by atoms with Crippen molar-refractivity contribution in [2.75, 3.05) is 11.9 Å². The molecule has 0 N–H and O–H groups in total. The van der Waals surface area contributed by atoms with Gasteiger partial charge in [-0.3, -0.25) is 0 Å². The summed E-state index contributed by atoms with van der Waals surface area (Å²) in [4.78, 5) is 2.30. The van der Waals surface area contributed by atoms with E-state index in [1.54, 1.807) is 0 Å². The molecule has 0 unspecified atom stereocenters. The summed E-state index contributed by atoms with van der Waals surface area (Å²) in [7, 11) is 2.17. The average molecular weight is 672 g/mol. The molecule has 1 heteroatoms. The Kier molecular flexibility index (Phi) is 7.25. The predicted molar refractivity (Wildman–Crippen MR) is 220 cm³/mol. The normalized spacial score (nSPS) is 16.7. The molecule has 3 aliphatic carbocycles. The molecule has 0 fully saturated rings. The smallest absolute Gasteiger partial charge is 0.0719 e. The van der Waals surface area contributed by atoms with Crippen LogP contribution in [0.4, 0.5) is 5.69 Å². The topological polar surface area (TPSA) is 3.24 Å². The molecule has 0 bridgehead atoms. The monoisotopic (exact) mass is 671 g/mol. The summed E-state index contributed by atoms with van der Waals surface area (Å²) in [5, 5.41) is 0. The number of hydrogen-bond acceptors (Lipinski definition) is 1. The van der Waals surface area contributed by atoms with Gasteiger partial charge in [0, 0.05) is 29.3 Å². The molecule has 3 aliphatic rings. The maximum atomic E-state index is 2.45. The molecular weight excluding hydrogens is 627 g/mol. The molecule has 0 aliphatic heterocycles. The van der Waals surface area contributed by atoms with Crippen LogP contribution in [0.25, 0.3) is 28.3 Å². The fraction of sp³-hybridized carbons (Fsp3) is 0.176. The van der Waals surface area contributed by atoms with E-state index in [2.05, 4.69) is 210 Å². The zero-order valence-electron chi connectivity index (χ0n) is 31.0. The van der Waals surface area contributed by atoms with Gasteiger partial charge in [0.25, 0.3) is 0 Å². The first-order chi connectivity index (χ1) is 25.2. The summed E-state index contributed by atoms with van der Waals surface area (Å²) in [6.07, 6.45) is 11.0. The highest BCUT2D eigenvalue weighted by atomic mass is 15.1. The van der Waals surface area contributed by atoms with Crippen molar-refractivity contribution >= 4 is 11.8 Å². The molecule has 52 heavy (non-hydrogen) atoms. The molecule has 0 aromatic heterocycles. The molecule has 254 valence electrons. The SMILES string of the molecule is C\C=C/C(=C\C=C\c1ccc2c(c1)C1(c3ccccc3-2)c2ccccc2C(C)(C)c2ccccc21)N(C)c1ccc2c(c1)C(C)(C)c1ccccc1-2. The van der Waals surface area contributed by atoms with E-state index in [1.807, 2.05) is 0 Å². The highest BCUT2D eigenvalue weighted by molar-refractivity contribution is 5.89. The lowest BCUT2D eigenvalue weighted by Gasteiger charge is -2.46. The molecule has 6 aromatic carbocycles. The number of anilines is 1. The van der Waals surface area contributed by atoms with Crippen LogP contribution in [-0.4, -0.2) is 7.05 Å². The van der Waals surface area contributed by atoms with Crippen molar-refractivity contribution in [3.05, 3.63) is 214 Å². The van der Waals surface area contributed by atoms with Crippen LogP contribution in [0.5, 0.6) is 0 Å². The molecule has 1 nitrogen and oxygen atoms in total. The summed E-state index contributed by atoms with van der Waals surface area (Å²) in [5.74, 6) is 0. The van der Waals surface area contributed by atoms with Gasteiger partial charge >= 0.3 is 0 Å². The molecule has 0 atom stereocenters. The van der Waals surface area contributed by atoms with Crippen LogP contribution in [0.1, 0.15) is 84.7 Å². The van der Waals surface area contributed by atoms with Gasteiger partial charge in [0.2, 0.25) is 0 Å². The summed E-state index contributed by atoms with van der Waals surface area (Å²) >= 11 is 0. The number of allylic oxidation sites excluding steroid dienone is 4. The molecule has 0 saturated carbocycles. The van der Waals surface area contributed by atoms with E-state index in [9.17, 15) is 0 Å². The maximum absolute atomic E-state index is 2.45. The van der Waals surface area contributed by atoms with E-state index in [-0.39, 0.29) is 16.2 Å². The minimum absolute atomic E-state index is 0.0349. The van der Waals surface area contributed by atoms with Gasteiger partial charge < -0.3 is 4.90 Å². The van der Waals surface area contributed by atoms with Crippen LogP contribution in [-0.2, 0) is 16.2 Å². The van der Waals surface area contributed by atoms with Crippen molar-refractivity contribution < 1.29 is 0 Å².